The Morgan fingerprint density at radius 1 is 1.16 bits per heavy atom. The predicted molar refractivity (Wildman–Crippen MR) is 109 cm³/mol. The number of carboxylic acids is 1. The van der Waals surface area contributed by atoms with Gasteiger partial charge in [0.1, 0.15) is 23.3 Å². The summed E-state index contributed by atoms with van der Waals surface area (Å²) >= 11 is 0. The van der Waals surface area contributed by atoms with Crippen LogP contribution in [0.1, 0.15) is 23.3 Å². The van der Waals surface area contributed by atoms with Gasteiger partial charge in [-0.15, -0.1) is 0 Å². The van der Waals surface area contributed by atoms with E-state index in [1.54, 1.807) is 24.3 Å². The zero-order chi connectivity index (χ0) is 22.5. The molecule has 3 aromatic rings. The Morgan fingerprint density at radius 3 is 2.45 bits per heavy atom. The van der Waals surface area contributed by atoms with E-state index < -0.39 is 22.8 Å². The van der Waals surface area contributed by atoms with Gasteiger partial charge in [0, 0.05) is 18.3 Å². The highest BCUT2D eigenvalue weighted by atomic mass is 16.6. The maximum atomic E-state index is 12.5. The van der Waals surface area contributed by atoms with E-state index in [1.165, 1.54) is 44.6 Å². The van der Waals surface area contributed by atoms with Crippen molar-refractivity contribution >= 4 is 23.3 Å². The molecule has 2 aromatic carbocycles. The lowest BCUT2D eigenvalue weighted by molar-refractivity contribution is -0.384. The maximum absolute atomic E-state index is 12.5. The number of nitro benzene ring substituents is 1. The average Bonchev–Trinajstić information content (AvgIpc) is 3.24. The number of methoxy groups -OCH3 is 1. The van der Waals surface area contributed by atoms with Crippen LogP contribution in [-0.2, 0) is 4.79 Å². The second-order valence-corrected chi connectivity index (χ2v) is 6.43. The summed E-state index contributed by atoms with van der Waals surface area (Å²) in [4.78, 5) is 34.2. The van der Waals surface area contributed by atoms with Crippen LogP contribution in [0.4, 0.5) is 11.4 Å². The van der Waals surface area contributed by atoms with Crippen LogP contribution in [-0.4, -0.2) is 38.8 Å². The van der Waals surface area contributed by atoms with Crippen molar-refractivity contribution in [3.63, 3.8) is 0 Å². The molecule has 0 aliphatic rings. The zero-order valence-electron chi connectivity index (χ0n) is 16.5. The van der Waals surface area contributed by atoms with Crippen LogP contribution < -0.4 is 14.8 Å². The standard InChI is InChI=1S/C20H18N4O7/c1-12(20(26)27)23-11-13(10-21-23)19(25)22-14-7-15(24(28)29)9-18(8-14)31-17-5-3-16(30-2)4-6-17/h3-12H,1-2H3,(H,22,25)(H,26,27). The van der Waals surface area contributed by atoms with Gasteiger partial charge in [-0.25, -0.2) is 4.79 Å². The van der Waals surface area contributed by atoms with Crippen molar-refractivity contribution in [2.45, 2.75) is 13.0 Å². The summed E-state index contributed by atoms with van der Waals surface area (Å²) in [6.45, 7) is 1.42. The quantitative estimate of drug-likeness (QED) is 0.411. The van der Waals surface area contributed by atoms with Crippen LogP contribution in [0.3, 0.4) is 0 Å². The molecule has 2 N–H and O–H groups in total. The molecule has 0 saturated carbocycles. The molecule has 0 radical (unpaired) electrons. The number of nitrogens with zero attached hydrogens (tertiary/aromatic N) is 3. The summed E-state index contributed by atoms with van der Waals surface area (Å²) in [7, 11) is 1.53. The fourth-order valence-electron chi connectivity index (χ4n) is 2.58. The van der Waals surface area contributed by atoms with Crippen LogP contribution in [0.25, 0.3) is 0 Å². The van der Waals surface area contributed by atoms with Crippen LogP contribution in [0.5, 0.6) is 17.2 Å². The Kier molecular flexibility index (Phi) is 6.15. The van der Waals surface area contributed by atoms with Crippen molar-refractivity contribution in [3.8, 4) is 17.2 Å². The number of rotatable bonds is 8. The number of anilines is 1. The number of hydrogen-bond donors (Lipinski definition) is 2. The molecule has 0 bridgehead atoms. The zero-order valence-corrected chi connectivity index (χ0v) is 16.5. The fraction of sp³-hybridized carbons (Fsp3) is 0.150. The number of aromatic nitrogens is 2. The van der Waals surface area contributed by atoms with Gasteiger partial charge in [-0.3, -0.25) is 19.6 Å². The van der Waals surface area contributed by atoms with E-state index in [-0.39, 0.29) is 22.7 Å². The third kappa shape index (κ3) is 5.15. The molecule has 1 unspecified atom stereocenters. The lowest BCUT2D eigenvalue weighted by Crippen LogP contribution is -2.16. The van der Waals surface area contributed by atoms with Gasteiger partial charge in [0.2, 0.25) is 0 Å². The number of hydrogen-bond acceptors (Lipinski definition) is 7. The monoisotopic (exact) mass is 426 g/mol. The van der Waals surface area contributed by atoms with Gasteiger partial charge >= 0.3 is 5.97 Å². The summed E-state index contributed by atoms with van der Waals surface area (Å²) in [5, 5.41) is 26.7. The van der Waals surface area contributed by atoms with Crippen LogP contribution >= 0.6 is 0 Å². The van der Waals surface area contributed by atoms with E-state index >= 15 is 0 Å². The van der Waals surface area contributed by atoms with Crippen molar-refractivity contribution in [2.75, 3.05) is 12.4 Å². The van der Waals surface area contributed by atoms with Crippen molar-refractivity contribution in [2.24, 2.45) is 0 Å². The summed E-state index contributed by atoms with van der Waals surface area (Å²) in [6.07, 6.45) is 2.49. The number of carboxylic acid groups (broad SMARTS) is 1. The van der Waals surface area contributed by atoms with Gasteiger partial charge in [-0.05, 0) is 31.2 Å². The molecule has 0 fully saturated rings. The number of aliphatic carboxylic acids is 1. The van der Waals surface area contributed by atoms with Crippen LogP contribution in [0.15, 0.2) is 54.9 Å². The Balaban J connectivity index is 1.82. The first kappa shape index (κ1) is 21.3. The molecule has 3 rings (SSSR count). The second-order valence-electron chi connectivity index (χ2n) is 6.43. The molecular weight excluding hydrogens is 408 g/mol. The second kappa shape index (κ2) is 8.95. The smallest absolute Gasteiger partial charge is 0.328 e. The Hall–Kier alpha value is -4.41. The summed E-state index contributed by atoms with van der Waals surface area (Å²) < 4.78 is 11.9. The molecule has 0 spiro atoms. The first-order chi connectivity index (χ1) is 14.8. The highest BCUT2D eigenvalue weighted by molar-refractivity contribution is 6.04. The maximum Gasteiger partial charge on any atom is 0.328 e. The summed E-state index contributed by atoms with van der Waals surface area (Å²) in [5.41, 5.74) is -0.0597. The largest absolute Gasteiger partial charge is 0.497 e. The number of benzene rings is 2. The molecule has 11 heteroatoms. The number of nitrogens with one attached hydrogen (secondary N) is 1. The third-order valence-electron chi connectivity index (χ3n) is 4.27. The SMILES string of the molecule is COc1ccc(Oc2cc(NC(=O)c3cnn(C(C)C(=O)O)c3)cc([N+](=O)[O-])c2)cc1. The van der Waals surface area contributed by atoms with Crippen molar-refractivity contribution in [1.29, 1.82) is 0 Å². The molecule has 31 heavy (non-hydrogen) atoms. The number of carbonyl (C=O) groups excluding carboxylic acids is 1. The highest BCUT2D eigenvalue weighted by Crippen LogP contribution is 2.30. The lowest BCUT2D eigenvalue weighted by Gasteiger charge is -2.10. The minimum atomic E-state index is -1.10. The Bertz CT molecular complexity index is 1120. The Morgan fingerprint density at radius 2 is 1.84 bits per heavy atom. The predicted octanol–water partition coefficient (Wildman–Crippen LogP) is 3.49. The molecule has 11 nitrogen and oxygen atoms in total. The minimum Gasteiger partial charge on any atom is -0.497 e. The molecule has 0 aliphatic heterocycles. The van der Waals surface area contributed by atoms with Crippen LogP contribution in [0, 0.1) is 10.1 Å². The topological polar surface area (TPSA) is 146 Å². The minimum absolute atomic E-state index is 0.0947. The Labute approximate surface area is 176 Å². The summed E-state index contributed by atoms with van der Waals surface area (Å²) in [5.74, 6) is -0.529. The molecule has 1 aromatic heterocycles. The van der Waals surface area contributed by atoms with E-state index in [4.69, 9.17) is 14.6 Å². The molecule has 1 amide bonds. The van der Waals surface area contributed by atoms with Gasteiger partial charge in [-0.1, -0.05) is 0 Å². The van der Waals surface area contributed by atoms with E-state index in [0.29, 0.717) is 11.5 Å². The molecule has 0 saturated heterocycles. The van der Waals surface area contributed by atoms with Gasteiger partial charge in [0.25, 0.3) is 11.6 Å². The first-order valence-corrected chi connectivity index (χ1v) is 8.96. The van der Waals surface area contributed by atoms with E-state index in [2.05, 4.69) is 10.4 Å². The number of nitro groups is 1. The van der Waals surface area contributed by atoms with Gasteiger partial charge < -0.3 is 19.9 Å². The lowest BCUT2D eigenvalue weighted by atomic mass is 10.2. The molecule has 1 heterocycles. The normalized spacial score (nSPS) is 11.4. The third-order valence-corrected chi connectivity index (χ3v) is 4.27. The van der Waals surface area contributed by atoms with Crippen LogP contribution in [0.2, 0.25) is 0 Å². The van der Waals surface area contributed by atoms with E-state index in [0.717, 1.165) is 4.68 Å². The summed E-state index contributed by atoms with van der Waals surface area (Å²) in [6, 6.07) is 9.50. The number of carbonyl (C=O) groups is 2. The molecule has 1 atom stereocenters. The van der Waals surface area contributed by atoms with Crippen molar-refractivity contribution in [3.05, 3.63) is 70.5 Å². The van der Waals surface area contributed by atoms with Crippen molar-refractivity contribution in [1.82, 2.24) is 9.78 Å². The number of ether oxygens (including phenoxy) is 2. The highest BCUT2D eigenvalue weighted by Gasteiger charge is 2.18. The molecular formula is C20H18N4O7. The van der Waals surface area contributed by atoms with E-state index in [9.17, 15) is 19.7 Å². The average molecular weight is 426 g/mol. The molecule has 160 valence electrons. The number of non-ortho nitro benzene ring substituents is 1. The number of amides is 1. The van der Waals surface area contributed by atoms with Gasteiger partial charge in [-0.2, -0.15) is 5.10 Å². The molecule has 0 aliphatic carbocycles. The van der Waals surface area contributed by atoms with E-state index in [1.807, 2.05) is 0 Å². The van der Waals surface area contributed by atoms with Gasteiger partial charge in [0.15, 0.2) is 0 Å². The first-order valence-electron chi connectivity index (χ1n) is 8.96. The van der Waals surface area contributed by atoms with Crippen molar-refractivity contribution < 1.29 is 29.1 Å². The van der Waals surface area contributed by atoms with Gasteiger partial charge in [0.05, 0.1) is 35.5 Å². The fourth-order valence-corrected chi connectivity index (χ4v) is 2.58.